The molecule has 0 unspecified atom stereocenters. The van der Waals surface area contributed by atoms with Crippen molar-refractivity contribution in [2.45, 2.75) is 38.6 Å². The second-order valence-electron chi connectivity index (χ2n) is 7.14. The van der Waals surface area contributed by atoms with Crippen LogP contribution < -0.4 is 14.8 Å². The molecule has 0 aliphatic heterocycles. The predicted octanol–water partition coefficient (Wildman–Crippen LogP) is 4.43. The summed E-state index contributed by atoms with van der Waals surface area (Å²) in [5.74, 6) is 2.20. The van der Waals surface area contributed by atoms with Crippen LogP contribution in [0.5, 0.6) is 11.5 Å². The SMILES string of the molecule is COc1ccc(OCc2nnc(SCC(=O)NC(C)C)n2-c2ccc(C)c(Cl)c2)cc1. The summed E-state index contributed by atoms with van der Waals surface area (Å²) in [4.78, 5) is 12.1. The van der Waals surface area contributed by atoms with E-state index in [2.05, 4.69) is 15.5 Å². The Bertz CT molecular complexity index is 1040. The number of aryl methyl sites for hydroxylation is 1. The maximum absolute atomic E-state index is 12.1. The van der Waals surface area contributed by atoms with Crippen LogP contribution in [-0.4, -0.2) is 39.6 Å². The lowest BCUT2D eigenvalue weighted by Gasteiger charge is -2.13. The molecule has 0 fully saturated rings. The fraction of sp³-hybridized carbons (Fsp3) is 0.318. The van der Waals surface area contributed by atoms with E-state index in [-0.39, 0.29) is 24.3 Å². The number of thioether (sulfide) groups is 1. The maximum Gasteiger partial charge on any atom is 0.230 e. The Hall–Kier alpha value is -2.71. The van der Waals surface area contributed by atoms with E-state index in [1.165, 1.54) is 11.8 Å². The molecule has 3 rings (SSSR count). The average molecular weight is 461 g/mol. The predicted molar refractivity (Wildman–Crippen MR) is 122 cm³/mol. The zero-order valence-corrected chi connectivity index (χ0v) is 19.5. The van der Waals surface area contributed by atoms with E-state index in [9.17, 15) is 4.79 Å². The Labute approximate surface area is 191 Å². The first kappa shape index (κ1) is 23.0. The lowest BCUT2D eigenvalue weighted by Crippen LogP contribution is -2.31. The van der Waals surface area contributed by atoms with Crippen molar-refractivity contribution in [1.29, 1.82) is 0 Å². The van der Waals surface area contributed by atoms with Gasteiger partial charge in [0, 0.05) is 11.1 Å². The molecule has 0 aliphatic carbocycles. The fourth-order valence-corrected chi connectivity index (χ4v) is 3.74. The minimum absolute atomic E-state index is 0.0625. The highest BCUT2D eigenvalue weighted by atomic mass is 35.5. The van der Waals surface area contributed by atoms with Crippen molar-refractivity contribution in [2.75, 3.05) is 12.9 Å². The minimum Gasteiger partial charge on any atom is -0.497 e. The molecule has 164 valence electrons. The van der Waals surface area contributed by atoms with Gasteiger partial charge in [-0.25, -0.2) is 0 Å². The van der Waals surface area contributed by atoms with Crippen LogP contribution in [0.1, 0.15) is 25.2 Å². The number of methoxy groups -OCH3 is 1. The normalized spacial score (nSPS) is 10.9. The number of nitrogens with one attached hydrogen (secondary N) is 1. The zero-order chi connectivity index (χ0) is 22.4. The molecule has 1 heterocycles. The summed E-state index contributed by atoms with van der Waals surface area (Å²) >= 11 is 7.67. The maximum atomic E-state index is 12.1. The highest BCUT2D eigenvalue weighted by molar-refractivity contribution is 7.99. The number of carbonyl (C=O) groups is 1. The monoisotopic (exact) mass is 460 g/mol. The number of hydrogen-bond donors (Lipinski definition) is 1. The number of ether oxygens (including phenoxy) is 2. The summed E-state index contributed by atoms with van der Waals surface area (Å²) in [6.07, 6.45) is 0. The van der Waals surface area contributed by atoms with Crippen LogP contribution in [0.15, 0.2) is 47.6 Å². The largest absolute Gasteiger partial charge is 0.497 e. The van der Waals surface area contributed by atoms with E-state index < -0.39 is 0 Å². The number of rotatable bonds is 9. The van der Waals surface area contributed by atoms with Crippen molar-refractivity contribution in [2.24, 2.45) is 0 Å². The lowest BCUT2D eigenvalue weighted by atomic mass is 10.2. The Balaban J connectivity index is 1.84. The van der Waals surface area contributed by atoms with Gasteiger partial charge >= 0.3 is 0 Å². The van der Waals surface area contributed by atoms with Crippen LogP contribution in [0.3, 0.4) is 0 Å². The van der Waals surface area contributed by atoms with E-state index >= 15 is 0 Å². The summed E-state index contributed by atoms with van der Waals surface area (Å²) in [6, 6.07) is 13.1. The molecule has 1 aromatic heterocycles. The van der Waals surface area contributed by atoms with Crippen molar-refractivity contribution in [3.63, 3.8) is 0 Å². The van der Waals surface area contributed by atoms with Gasteiger partial charge in [0.15, 0.2) is 11.0 Å². The number of carbonyl (C=O) groups excluding carboxylic acids is 1. The first-order chi connectivity index (χ1) is 14.9. The van der Waals surface area contributed by atoms with Gasteiger partial charge in [0.05, 0.1) is 18.6 Å². The van der Waals surface area contributed by atoms with Gasteiger partial charge in [-0.15, -0.1) is 10.2 Å². The fourth-order valence-electron chi connectivity index (χ4n) is 2.78. The molecule has 9 heteroatoms. The van der Waals surface area contributed by atoms with Gasteiger partial charge in [0.2, 0.25) is 5.91 Å². The van der Waals surface area contributed by atoms with Gasteiger partial charge in [-0.2, -0.15) is 0 Å². The number of amides is 1. The Morgan fingerprint density at radius 1 is 1.16 bits per heavy atom. The van der Waals surface area contributed by atoms with E-state index in [1.807, 2.05) is 67.8 Å². The van der Waals surface area contributed by atoms with E-state index in [0.717, 1.165) is 17.0 Å². The summed E-state index contributed by atoms with van der Waals surface area (Å²) in [6.45, 7) is 5.99. The van der Waals surface area contributed by atoms with Crippen LogP contribution in [0, 0.1) is 6.92 Å². The van der Waals surface area contributed by atoms with Gasteiger partial charge < -0.3 is 14.8 Å². The van der Waals surface area contributed by atoms with Crippen LogP contribution in [0.25, 0.3) is 5.69 Å². The molecule has 1 N–H and O–H groups in total. The minimum atomic E-state index is -0.0625. The summed E-state index contributed by atoms with van der Waals surface area (Å²) in [5.41, 5.74) is 1.78. The Morgan fingerprint density at radius 3 is 2.52 bits per heavy atom. The highest BCUT2D eigenvalue weighted by Crippen LogP contribution is 2.26. The molecule has 3 aromatic rings. The molecule has 2 aromatic carbocycles. The van der Waals surface area contributed by atoms with Crippen molar-refractivity contribution in [3.8, 4) is 17.2 Å². The summed E-state index contributed by atoms with van der Waals surface area (Å²) in [5, 5.41) is 12.7. The smallest absolute Gasteiger partial charge is 0.230 e. The van der Waals surface area contributed by atoms with Gasteiger partial charge in [0.1, 0.15) is 18.1 Å². The molecule has 0 aliphatic rings. The second kappa shape index (κ2) is 10.5. The quantitative estimate of drug-likeness (QED) is 0.476. The molecule has 7 nitrogen and oxygen atoms in total. The topological polar surface area (TPSA) is 78.3 Å². The van der Waals surface area contributed by atoms with Gasteiger partial charge in [-0.05, 0) is 62.7 Å². The molecule has 0 radical (unpaired) electrons. The standard InChI is InChI=1S/C22H25ClN4O3S/c1-14(2)24-21(28)13-31-22-26-25-20(12-30-18-9-7-17(29-4)8-10-18)27(22)16-6-5-15(3)19(23)11-16/h5-11,14H,12-13H2,1-4H3,(H,24,28). The van der Waals surface area contributed by atoms with Crippen LogP contribution in [0.2, 0.25) is 5.02 Å². The molecule has 1 amide bonds. The molecule has 0 spiro atoms. The van der Waals surface area contributed by atoms with E-state index in [0.29, 0.717) is 21.8 Å². The van der Waals surface area contributed by atoms with Gasteiger partial charge in [0.25, 0.3) is 0 Å². The molecular weight excluding hydrogens is 436 g/mol. The third-order valence-corrected chi connectivity index (χ3v) is 5.66. The first-order valence-corrected chi connectivity index (χ1v) is 11.1. The van der Waals surface area contributed by atoms with E-state index in [1.54, 1.807) is 7.11 Å². The molecule has 0 saturated carbocycles. The zero-order valence-electron chi connectivity index (χ0n) is 17.9. The molecule has 0 atom stereocenters. The summed E-state index contributed by atoms with van der Waals surface area (Å²) < 4.78 is 12.9. The molecule has 0 saturated heterocycles. The Kier molecular flexibility index (Phi) is 7.81. The lowest BCUT2D eigenvalue weighted by molar-refractivity contribution is -0.119. The molecular formula is C22H25ClN4O3S. The highest BCUT2D eigenvalue weighted by Gasteiger charge is 2.17. The average Bonchev–Trinajstić information content (AvgIpc) is 3.15. The first-order valence-electron chi connectivity index (χ1n) is 9.77. The van der Waals surface area contributed by atoms with Crippen LogP contribution in [-0.2, 0) is 11.4 Å². The van der Waals surface area contributed by atoms with Crippen molar-refractivity contribution in [1.82, 2.24) is 20.1 Å². The van der Waals surface area contributed by atoms with E-state index in [4.69, 9.17) is 21.1 Å². The van der Waals surface area contributed by atoms with Crippen molar-refractivity contribution in [3.05, 3.63) is 58.9 Å². The molecule has 0 bridgehead atoms. The van der Waals surface area contributed by atoms with Crippen LogP contribution >= 0.6 is 23.4 Å². The van der Waals surface area contributed by atoms with Gasteiger partial charge in [-0.3, -0.25) is 9.36 Å². The number of nitrogens with zero attached hydrogens (tertiary/aromatic N) is 3. The second-order valence-corrected chi connectivity index (χ2v) is 8.49. The number of benzene rings is 2. The number of aromatic nitrogens is 3. The number of hydrogen-bond acceptors (Lipinski definition) is 6. The third kappa shape index (κ3) is 6.15. The third-order valence-electron chi connectivity index (χ3n) is 4.32. The number of halogens is 1. The molecule has 31 heavy (non-hydrogen) atoms. The summed E-state index contributed by atoms with van der Waals surface area (Å²) in [7, 11) is 1.62. The van der Waals surface area contributed by atoms with Crippen LogP contribution in [0.4, 0.5) is 0 Å². The van der Waals surface area contributed by atoms with Crippen molar-refractivity contribution < 1.29 is 14.3 Å². The van der Waals surface area contributed by atoms with Gasteiger partial charge in [-0.1, -0.05) is 29.4 Å². The Morgan fingerprint density at radius 2 is 1.87 bits per heavy atom. The van der Waals surface area contributed by atoms with Crippen molar-refractivity contribution >= 4 is 29.3 Å².